The Balaban J connectivity index is 1.38. The van der Waals surface area contributed by atoms with Crippen LogP contribution >= 0.6 is 0 Å². The lowest BCUT2D eigenvalue weighted by Gasteiger charge is -2.57. The van der Waals surface area contributed by atoms with Gasteiger partial charge in [-0.25, -0.2) is 0 Å². The second-order valence-corrected chi connectivity index (χ2v) is 8.91. The van der Waals surface area contributed by atoms with Crippen LogP contribution in [0.3, 0.4) is 0 Å². The molecule has 1 aromatic heterocycles. The number of nitrogens with one attached hydrogen (secondary N) is 1. The average Bonchev–Trinajstić information content (AvgIpc) is 2.59. The fraction of sp³-hybridized carbons (Fsp3) is 0.545. The van der Waals surface area contributed by atoms with Crippen molar-refractivity contribution >= 4 is 16.6 Å². The van der Waals surface area contributed by atoms with Gasteiger partial charge in [-0.15, -0.1) is 0 Å². The van der Waals surface area contributed by atoms with Crippen LogP contribution in [-0.2, 0) is 0 Å². The quantitative estimate of drug-likeness (QED) is 0.823. The third-order valence-corrected chi connectivity index (χ3v) is 7.16. The first-order valence-electron chi connectivity index (χ1n) is 9.75. The van der Waals surface area contributed by atoms with Crippen molar-refractivity contribution in [2.75, 3.05) is 0 Å². The molecule has 3 nitrogen and oxygen atoms in total. The van der Waals surface area contributed by atoms with Crippen molar-refractivity contribution in [1.29, 1.82) is 0 Å². The van der Waals surface area contributed by atoms with Gasteiger partial charge in [0.25, 0.3) is 5.56 Å². The summed E-state index contributed by atoms with van der Waals surface area (Å²) in [6, 6.07) is 7.36. The van der Waals surface area contributed by atoms with E-state index in [1.54, 1.807) is 12.3 Å². The minimum Gasteiger partial charge on any atom is -0.329 e. The largest absolute Gasteiger partial charge is 0.329 e. The van der Waals surface area contributed by atoms with Crippen molar-refractivity contribution in [3.63, 3.8) is 0 Å². The highest BCUT2D eigenvalue weighted by molar-refractivity contribution is 6.07. The number of benzene rings is 1. The van der Waals surface area contributed by atoms with Crippen LogP contribution < -0.4 is 5.56 Å². The summed E-state index contributed by atoms with van der Waals surface area (Å²) in [5.74, 6) is 2.99. The second kappa shape index (κ2) is 5.55. The molecular formula is C22H25NO2. The number of pyridine rings is 1. The molecule has 0 atom stereocenters. The molecule has 0 aliphatic heterocycles. The molecule has 0 radical (unpaired) electrons. The molecule has 25 heavy (non-hydrogen) atoms. The molecule has 0 amide bonds. The lowest BCUT2D eigenvalue weighted by Crippen LogP contribution is -2.46. The van der Waals surface area contributed by atoms with Crippen LogP contribution in [0.25, 0.3) is 10.8 Å². The molecular weight excluding hydrogens is 310 g/mol. The SMILES string of the molecule is O=C(CCC12CC3CC(CC(C3)C1)C2)c1cccc2c(=O)[nH]ccc12. The number of carbonyl (C=O) groups excluding carboxylic acids is 1. The van der Waals surface area contributed by atoms with Gasteiger partial charge in [0.1, 0.15) is 0 Å². The maximum absolute atomic E-state index is 13.0. The molecule has 4 fully saturated rings. The summed E-state index contributed by atoms with van der Waals surface area (Å²) in [6.07, 6.45) is 11.7. The maximum Gasteiger partial charge on any atom is 0.255 e. The maximum atomic E-state index is 13.0. The molecule has 4 aliphatic carbocycles. The van der Waals surface area contributed by atoms with E-state index in [1.807, 2.05) is 18.2 Å². The van der Waals surface area contributed by atoms with Gasteiger partial charge in [-0.2, -0.15) is 0 Å². The van der Waals surface area contributed by atoms with E-state index in [0.717, 1.165) is 29.6 Å². The van der Waals surface area contributed by atoms with Crippen LogP contribution in [0.2, 0.25) is 0 Å². The van der Waals surface area contributed by atoms with Crippen LogP contribution in [0.5, 0.6) is 0 Å². The van der Waals surface area contributed by atoms with E-state index in [0.29, 0.717) is 22.8 Å². The molecule has 4 saturated carbocycles. The third-order valence-electron chi connectivity index (χ3n) is 7.16. The first-order valence-corrected chi connectivity index (χ1v) is 9.75. The van der Waals surface area contributed by atoms with Crippen molar-refractivity contribution in [2.45, 2.75) is 51.4 Å². The zero-order chi connectivity index (χ0) is 17.0. The van der Waals surface area contributed by atoms with Crippen molar-refractivity contribution in [1.82, 2.24) is 4.98 Å². The molecule has 6 rings (SSSR count). The van der Waals surface area contributed by atoms with E-state index >= 15 is 0 Å². The summed E-state index contributed by atoms with van der Waals surface area (Å²) in [4.78, 5) is 27.6. The van der Waals surface area contributed by atoms with E-state index in [2.05, 4.69) is 4.98 Å². The Morgan fingerprint density at radius 1 is 1.00 bits per heavy atom. The number of fused-ring (bicyclic) bond motifs is 1. The number of H-pyrrole nitrogens is 1. The monoisotopic (exact) mass is 335 g/mol. The molecule has 1 heterocycles. The number of Topliss-reactive ketones (excluding diaryl/α,β-unsaturated/α-hetero) is 1. The number of ketones is 1. The number of rotatable bonds is 4. The first-order chi connectivity index (χ1) is 12.1. The summed E-state index contributed by atoms with van der Waals surface area (Å²) < 4.78 is 0. The van der Waals surface area contributed by atoms with Crippen molar-refractivity contribution in [2.24, 2.45) is 23.2 Å². The zero-order valence-corrected chi connectivity index (χ0v) is 14.6. The molecule has 4 bridgehead atoms. The lowest BCUT2D eigenvalue weighted by atomic mass is 9.48. The molecule has 2 aromatic rings. The van der Waals surface area contributed by atoms with E-state index in [-0.39, 0.29) is 11.3 Å². The smallest absolute Gasteiger partial charge is 0.255 e. The number of carbonyl (C=O) groups is 1. The molecule has 3 heteroatoms. The van der Waals surface area contributed by atoms with Gasteiger partial charge in [-0.3, -0.25) is 9.59 Å². The molecule has 1 N–H and O–H groups in total. The molecule has 4 aliphatic rings. The van der Waals surface area contributed by atoms with Gasteiger partial charge < -0.3 is 4.98 Å². The van der Waals surface area contributed by atoms with Gasteiger partial charge in [0.2, 0.25) is 0 Å². The van der Waals surface area contributed by atoms with Crippen LogP contribution in [0.4, 0.5) is 0 Å². The molecule has 1 aromatic carbocycles. The zero-order valence-electron chi connectivity index (χ0n) is 14.6. The van der Waals surface area contributed by atoms with Gasteiger partial charge in [-0.05, 0) is 85.6 Å². The van der Waals surface area contributed by atoms with Crippen LogP contribution in [0.1, 0.15) is 61.7 Å². The van der Waals surface area contributed by atoms with Gasteiger partial charge >= 0.3 is 0 Å². The fourth-order valence-electron chi connectivity index (χ4n) is 6.57. The number of hydrogen-bond acceptors (Lipinski definition) is 2. The van der Waals surface area contributed by atoms with Gasteiger partial charge in [-0.1, -0.05) is 12.1 Å². The van der Waals surface area contributed by atoms with Crippen LogP contribution in [0.15, 0.2) is 35.3 Å². The fourth-order valence-corrected chi connectivity index (χ4v) is 6.57. The molecule has 0 saturated heterocycles. The number of aromatic nitrogens is 1. The van der Waals surface area contributed by atoms with Crippen molar-refractivity contribution in [3.8, 4) is 0 Å². The predicted molar refractivity (Wildman–Crippen MR) is 98.7 cm³/mol. The normalized spacial score (nSPS) is 33.0. The molecule has 130 valence electrons. The Morgan fingerprint density at radius 2 is 1.68 bits per heavy atom. The molecule has 0 spiro atoms. The highest BCUT2D eigenvalue weighted by Gasteiger charge is 2.50. The average molecular weight is 335 g/mol. The van der Waals surface area contributed by atoms with Gasteiger partial charge in [0.15, 0.2) is 5.78 Å². The minimum absolute atomic E-state index is 0.117. The topological polar surface area (TPSA) is 49.9 Å². The summed E-state index contributed by atoms with van der Waals surface area (Å²) in [5, 5.41) is 1.41. The number of hydrogen-bond donors (Lipinski definition) is 1. The van der Waals surface area contributed by atoms with E-state index in [1.165, 1.54) is 38.5 Å². The van der Waals surface area contributed by atoms with Gasteiger partial charge in [0.05, 0.1) is 0 Å². The summed E-state index contributed by atoms with van der Waals surface area (Å²) in [5.41, 5.74) is 1.04. The third kappa shape index (κ3) is 2.56. The van der Waals surface area contributed by atoms with E-state index < -0.39 is 0 Å². The second-order valence-electron chi connectivity index (χ2n) is 8.91. The summed E-state index contributed by atoms with van der Waals surface area (Å²) in [6.45, 7) is 0. The Hall–Kier alpha value is -1.90. The summed E-state index contributed by atoms with van der Waals surface area (Å²) >= 11 is 0. The van der Waals surface area contributed by atoms with Gasteiger partial charge in [0, 0.05) is 23.6 Å². The summed E-state index contributed by atoms with van der Waals surface area (Å²) in [7, 11) is 0. The Morgan fingerprint density at radius 3 is 2.36 bits per heavy atom. The number of aromatic amines is 1. The Kier molecular flexibility index (Phi) is 3.41. The van der Waals surface area contributed by atoms with Crippen LogP contribution in [0, 0.1) is 23.2 Å². The van der Waals surface area contributed by atoms with Crippen LogP contribution in [-0.4, -0.2) is 10.8 Å². The highest BCUT2D eigenvalue weighted by atomic mass is 16.1. The lowest BCUT2D eigenvalue weighted by molar-refractivity contribution is -0.0570. The Bertz CT molecular complexity index is 859. The molecule has 0 unspecified atom stereocenters. The Labute approximate surface area is 147 Å². The van der Waals surface area contributed by atoms with E-state index in [4.69, 9.17) is 0 Å². The highest BCUT2D eigenvalue weighted by Crippen LogP contribution is 2.61. The minimum atomic E-state index is -0.117. The van der Waals surface area contributed by atoms with Crippen molar-refractivity contribution < 1.29 is 4.79 Å². The van der Waals surface area contributed by atoms with E-state index in [9.17, 15) is 9.59 Å². The predicted octanol–water partition coefficient (Wildman–Crippen LogP) is 4.71. The van der Waals surface area contributed by atoms with Crippen molar-refractivity contribution in [3.05, 3.63) is 46.4 Å². The first kappa shape index (κ1) is 15.4. The standard InChI is InChI=1S/C22H25NO2/c24-20(18-2-1-3-19-17(18)5-7-23-21(19)25)4-6-22-11-14-8-15(12-22)10-16(9-14)13-22/h1-3,5,7,14-16H,4,6,8-13H2,(H,23,25).